The highest BCUT2D eigenvalue weighted by atomic mass is 16.5. The number of carbonyl (C=O) groups is 2. The summed E-state index contributed by atoms with van der Waals surface area (Å²) in [6.07, 6.45) is 2.51. The summed E-state index contributed by atoms with van der Waals surface area (Å²) < 4.78 is 5.71. The number of hydrogen-bond donors (Lipinski definition) is 1. The molecule has 1 aliphatic rings. The third kappa shape index (κ3) is 6.12. The van der Waals surface area contributed by atoms with Crippen molar-refractivity contribution in [3.8, 4) is 5.75 Å². The Hall–Kier alpha value is -3.12. The fourth-order valence-electron chi connectivity index (χ4n) is 4.51. The molecule has 1 fully saturated rings. The number of amides is 1. The van der Waals surface area contributed by atoms with Gasteiger partial charge in [0.25, 0.3) is 11.7 Å². The quantitative estimate of drug-likeness (QED) is 0.258. The number of aliphatic hydroxyl groups is 1. The van der Waals surface area contributed by atoms with Crippen molar-refractivity contribution < 1.29 is 19.4 Å². The SMILES string of the molecule is CCCOc1cccc(C(O)=C2C(=O)C(=O)N(CCCN(CC)CC)C2c2ccc(CC)cc2)c1. The van der Waals surface area contributed by atoms with Gasteiger partial charge in [0.05, 0.1) is 18.2 Å². The maximum atomic E-state index is 13.3. The standard InChI is InChI=1S/C29H38N2O4/c1-5-19-35-24-12-9-11-23(20-24)27(32)25-26(22-15-13-21(6-2)14-16-22)31(29(34)28(25)33)18-10-17-30(7-3)8-4/h9,11-16,20,26,32H,5-8,10,17-19H2,1-4H3. The van der Waals surface area contributed by atoms with Crippen LogP contribution in [0.5, 0.6) is 5.75 Å². The van der Waals surface area contributed by atoms with Gasteiger partial charge in [-0.05, 0) is 62.2 Å². The van der Waals surface area contributed by atoms with Crippen molar-refractivity contribution in [3.05, 3.63) is 70.8 Å². The first-order valence-electron chi connectivity index (χ1n) is 12.8. The van der Waals surface area contributed by atoms with E-state index in [9.17, 15) is 14.7 Å². The van der Waals surface area contributed by atoms with Gasteiger partial charge < -0.3 is 19.6 Å². The van der Waals surface area contributed by atoms with Crippen LogP contribution in [0.1, 0.15) is 63.3 Å². The number of ketones is 1. The van der Waals surface area contributed by atoms with Crippen molar-refractivity contribution >= 4 is 17.4 Å². The van der Waals surface area contributed by atoms with E-state index in [1.165, 1.54) is 5.56 Å². The smallest absolute Gasteiger partial charge is 0.295 e. The van der Waals surface area contributed by atoms with Crippen LogP contribution in [-0.2, 0) is 16.0 Å². The molecule has 2 aromatic carbocycles. The third-order valence-corrected chi connectivity index (χ3v) is 6.59. The first-order chi connectivity index (χ1) is 16.9. The van der Waals surface area contributed by atoms with Crippen LogP contribution in [0.25, 0.3) is 5.76 Å². The number of aryl methyl sites for hydroxylation is 1. The lowest BCUT2D eigenvalue weighted by Crippen LogP contribution is -2.33. The molecule has 2 aromatic rings. The fourth-order valence-corrected chi connectivity index (χ4v) is 4.51. The molecule has 0 bridgehead atoms. The Kier molecular flexibility index (Phi) is 9.49. The maximum absolute atomic E-state index is 13.3. The second-order valence-corrected chi connectivity index (χ2v) is 8.84. The molecular weight excluding hydrogens is 440 g/mol. The highest BCUT2D eigenvalue weighted by Crippen LogP contribution is 2.40. The molecular formula is C29H38N2O4. The molecule has 1 aliphatic heterocycles. The average Bonchev–Trinajstić information content (AvgIpc) is 3.14. The molecule has 0 aliphatic carbocycles. The van der Waals surface area contributed by atoms with Crippen LogP contribution in [0.4, 0.5) is 0 Å². The Labute approximate surface area is 209 Å². The number of hydrogen-bond acceptors (Lipinski definition) is 5. The number of likely N-dealkylation sites (tertiary alicyclic amines) is 1. The van der Waals surface area contributed by atoms with Gasteiger partial charge in [-0.15, -0.1) is 0 Å². The van der Waals surface area contributed by atoms with Gasteiger partial charge in [0.15, 0.2) is 0 Å². The third-order valence-electron chi connectivity index (χ3n) is 6.59. The normalized spacial score (nSPS) is 17.4. The molecule has 1 heterocycles. The van der Waals surface area contributed by atoms with Crippen LogP contribution in [0.15, 0.2) is 54.1 Å². The van der Waals surface area contributed by atoms with Crippen molar-refractivity contribution in [2.45, 2.75) is 53.0 Å². The largest absolute Gasteiger partial charge is 0.507 e. The van der Waals surface area contributed by atoms with Crippen molar-refractivity contribution in [1.82, 2.24) is 9.80 Å². The van der Waals surface area contributed by atoms with Gasteiger partial charge in [-0.3, -0.25) is 9.59 Å². The first-order valence-corrected chi connectivity index (χ1v) is 12.8. The minimum absolute atomic E-state index is 0.134. The van der Waals surface area contributed by atoms with Crippen LogP contribution in [0.3, 0.4) is 0 Å². The highest BCUT2D eigenvalue weighted by molar-refractivity contribution is 6.46. The topological polar surface area (TPSA) is 70.1 Å². The molecule has 1 unspecified atom stereocenters. The van der Waals surface area contributed by atoms with Crippen LogP contribution in [0.2, 0.25) is 0 Å². The Bertz CT molecular complexity index is 1040. The monoisotopic (exact) mass is 478 g/mol. The predicted molar refractivity (Wildman–Crippen MR) is 139 cm³/mol. The number of carbonyl (C=O) groups excluding carboxylic acids is 2. The van der Waals surface area contributed by atoms with Gasteiger partial charge >= 0.3 is 0 Å². The van der Waals surface area contributed by atoms with Gasteiger partial charge in [0.1, 0.15) is 11.5 Å². The van der Waals surface area contributed by atoms with Crippen LogP contribution in [-0.4, -0.2) is 59.4 Å². The van der Waals surface area contributed by atoms with E-state index in [0.29, 0.717) is 24.5 Å². The van der Waals surface area contributed by atoms with E-state index >= 15 is 0 Å². The molecule has 6 heteroatoms. The molecule has 0 saturated carbocycles. The predicted octanol–water partition coefficient (Wildman–Crippen LogP) is 5.19. The molecule has 6 nitrogen and oxygen atoms in total. The summed E-state index contributed by atoms with van der Waals surface area (Å²) in [5.74, 6) is -0.752. The summed E-state index contributed by atoms with van der Waals surface area (Å²) in [6, 6.07) is 14.4. The number of rotatable bonds is 12. The van der Waals surface area contributed by atoms with E-state index in [1.807, 2.05) is 37.3 Å². The molecule has 0 aromatic heterocycles. The number of benzene rings is 2. The molecule has 1 atom stereocenters. The molecule has 0 spiro atoms. The summed E-state index contributed by atoms with van der Waals surface area (Å²) in [7, 11) is 0. The Morgan fingerprint density at radius 1 is 1.03 bits per heavy atom. The zero-order valence-corrected chi connectivity index (χ0v) is 21.4. The number of aliphatic hydroxyl groups excluding tert-OH is 1. The molecule has 188 valence electrons. The molecule has 1 N–H and O–H groups in total. The molecule has 1 amide bonds. The summed E-state index contributed by atoms with van der Waals surface area (Å²) in [4.78, 5) is 30.3. The van der Waals surface area contributed by atoms with Gasteiger partial charge in [0.2, 0.25) is 0 Å². The lowest BCUT2D eigenvalue weighted by Gasteiger charge is -2.27. The highest BCUT2D eigenvalue weighted by Gasteiger charge is 2.45. The van der Waals surface area contributed by atoms with Crippen molar-refractivity contribution in [2.75, 3.05) is 32.8 Å². The molecule has 1 saturated heterocycles. The molecule has 35 heavy (non-hydrogen) atoms. The van der Waals surface area contributed by atoms with Gasteiger partial charge in [-0.25, -0.2) is 0 Å². The Morgan fingerprint density at radius 3 is 2.37 bits per heavy atom. The van der Waals surface area contributed by atoms with Gasteiger partial charge in [0, 0.05) is 12.1 Å². The fraction of sp³-hybridized carbons (Fsp3) is 0.448. The first kappa shape index (κ1) is 26.5. The van der Waals surface area contributed by atoms with Crippen LogP contribution in [0, 0.1) is 0 Å². The van der Waals surface area contributed by atoms with Crippen molar-refractivity contribution in [1.29, 1.82) is 0 Å². The van der Waals surface area contributed by atoms with Gasteiger partial charge in [-0.2, -0.15) is 0 Å². The zero-order chi connectivity index (χ0) is 25.4. The van der Waals surface area contributed by atoms with Crippen LogP contribution >= 0.6 is 0 Å². The number of nitrogens with zero attached hydrogens (tertiary/aromatic N) is 2. The summed E-state index contributed by atoms with van der Waals surface area (Å²) in [5.41, 5.74) is 2.60. The lowest BCUT2D eigenvalue weighted by molar-refractivity contribution is -0.140. The van der Waals surface area contributed by atoms with Crippen molar-refractivity contribution in [3.63, 3.8) is 0 Å². The minimum Gasteiger partial charge on any atom is -0.507 e. The van der Waals surface area contributed by atoms with Crippen molar-refractivity contribution in [2.24, 2.45) is 0 Å². The molecule has 3 rings (SSSR count). The second-order valence-electron chi connectivity index (χ2n) is 8.84. The summed E-state index contributed by atoms with van der Waals surface area (Å²) in [6.45, 7) is 12.1. The summed E-state index contributed by atoms with van der Waals surface area (Å²) >= 11 is 0. The second kappa shape index (κ2) is 12.5. The van der Waals surface area contributed by atoms with E-state index in [1.54, 1.807) is 23.1 Å². The van der Waals surface area contributed by atoms with E-state index < -0.39 is 17.7 Å². The number of Topliss-reactive ketones (excluding diaryl/α,β-unsaturated/α-hetero) is 1. The van der Waals surface area contributed by atoms with E-state index in [2.05, 4.69) is 25.7 Å². The minimum atomic E-state index is -0.644. The zero-order valence-electron chi connectivity index (χ0n) is 21.4. The van der Waals surface area contributed by atoms with Crippen LogP contribution < -0.4 is 4.74 Å². The summed E-state index contributed by atoms with van der Waals surface area (Å²) in [5, 5.41) is 11.3. The number of ether oxygens (including phenoxy) is 1. The van der Waals surface area contributed by atoms with E-state index in [4.69, 9.17) is 4.74 Å². The Morgan fingerprint density at radius 2 is 1.74 bits per heavy atom. The average molecular weight is 479 g/mol. The van der Waals surface area contributed by atoms with Gasteiger partial charge in [-0.1, -0.05) is 64.1 Å². The molecule has 0 radical (unpaired) electrons. The maximum Gasteiger partial charge on any atom is 0.295 e. The van der Waals surface area contributed by atoms with E-state index in [-0.39, 0.29) is 11.3 Å². The lowest BCUT2D eigenvalue weighted by atomic mass is 9.94. The Balaban J connectivity index is 2.02. The van der Waals surface area contributed by atoms with E-state index in [0.717, 1.165) is 44.5 Å².